The fourth-order valence-electron chi connectivity index (χ4n) is 2.60. The van der Waals surface area contributed by atoms with Crippen LogP contribution in [0, 0.1) is 0 Å². The van der Waals surface area contributed by atoms with Gasteiger partial charge in [0.25, 0.3) is 0 Å². The lowest BCUT2D eigenvalue weighted by Gasteiger charge is -2.20. The Hall–Kier alpha value is -1.39. The summed E-state index contributed by atoms with van der Waals surface area (Å²) in [6, 6.07) is 8.59. The minimum Gasteiger partial charge on any atom is -0.326 e. The Morgan fingerprint density at radius 2 is 2.21 bits per heavy atom. The zero-order valence-corrected chi connectivity index (χ0v) is 11.8. The molecular formula is C15H23N3O. The Balaban J connectivity index is 1.86. The van der Waals surface area contributed by atoms with Gasteiger partial charge in [0.15, 0.2) is 0 Å². The lowest BCUT2D eigenvalue weighted by molar-refractivity contribution is -0.114. The molecule has 1 aliphatic heterocycles. The molecule has 4 nitrogen and oxygen atoms in total. The summed E-state index contributed by atoms with van der Waals surface area (Å²) in [7, 11) is 2.19. The Morgan fingerprint density at radius 3 is 2.89 bits per heavy atom. The number of para-hydroxylation sites is 1. The lowest BCUT2D eigenvalue weighted by atomic mass is 10.1. The molecule has 0 radical (unpaired) electrons. The molecule has 1 aromatic carbocycles. The van der Waals surface area contributed by atoms with Crippen LogP contribution in [0.25, 0.3) is 0 Å². The number of carbonyl (C=O) groups excluding carboxylic acids is 1. The van der Waals surface area contributed by atoms with Crippen LogP contribution in [0.3, 0.4) is 0 Å². The van der Waals surface area contributed by atoms with Crippen LogP contribution in [0.2, 0.25) is 0 Å². The van der Waals surface area contributed by atoms with Crippen LogP contribution < -0.4 is 10.6 Å². The number of hydrogen-bond acceptors (Lipinski definition) is 3. The van der Waals surface area contributed by atoms with Gasteiger partial charge >= 0.3 is 0 Å². The largest absolute Gasteiger partial charge is 0.326 e. The predicted molar refractivity (Wildman–Crippen MR) is 78.1 cm³/mol. The van der Waals surface area contributed by atoms with Gasteiger partial charge in [-0.15, -0.1) is 0 Å². The number of carbonyl (C=O) groups is 1. The molecular weight excluding hydrogens is 238 g/mol. The standard InChI is InChI=1S/C15H23N3O/c1-12(19)17-15-8-4-3-6-13(15)10-16-11-14-7-5-9-18(14)2/h3-4,6,8,14,16H,5,7,9-11H2,1-2H3,(H,17,19). The van der Waals surface area contributed by atoms with Gasteiger partial charge in [-0.2, -0.15) is 0 Å². The van der Waals surface area contributed by atoms with Gasteiger partial charge < -0.3 is 15.5 Å². The van der Waals surface area contributed by atoms with Crippen molar-refractivity contribution in [2.45, 2.75) is 32.4 Å². The first-order valence-corrected chi connectivity index (χ1v) is 6.93. The van der Waals surface area contributed by atoms with E-state index in [1.165, 1.54) is 26.3 Å². The molecule has 104 valence electrons. The molecule has 1 aliphatic rings. The van der Waals surface area contributed by atoms with Crippen molar-refractivity contribution in [1.82, 2.24) is 10.2 Å². The van der Waals surface area contributed by atoms with E-state index in [4.69, 9.17) is 0 Å². The summed E-state index contributed by atoms with van der Waals surface area (Å²) in [6.07, 6.45) is 2.57. The van der Waals surface area contributed by atoms with Gasteiger partial charge in [-0.05, 0) is 38.1 Å². The fraction of sp³-hybridized carbons (Fsp3) is 0.533. The number of nitrogens with one attached hydrogen (secondary N) is 2. The minimum atomic E-state index is -0.0250. The third-order valence-electron chi connectivity index (χ3n) is 3.69. The van der Waals surface area contributed by atoms with Crippen LogP contribution in [0.1, 0.15) is 25.3 Å². The molecule has 1 fully saturated rings. The SMILES string of the molecule is CC(=O)Nc1ccccc1CNCC1CCCN1C. The second kappa shape index (κ2) is 6.68. The molecule has 19 heavy (non-hydrogen) atoms. The highest BCUT2D eigenvalue weighted by Crippen LogP contribution is 2.16. The predicted octanol–water partition coefficient (Wildman–Crippen LogP) is 1.83. The maximum atomic E-state index is 11.2. The smallest absolute Gasteiger partial charge is 0.221 e. The molecule has 0 aromatic heterocycles. The molecule has 1 aromatic rings. The van der Waals surface area contributed by atoms with Gasteiger partial charge in [0.1, 0.15) is 0 Å². The molecule has 0 saturated carbocycles. The first kappa shape index (κ1) is 14.0. The topological polar surface area (TPSA) is 44.4 Å². The van der Waals surface area contributed by atoms with Gasteiger partial charge in [0, 0.05) is 31.7 Å². The molecule has 0 aliphatic carbocycles. The number of benzene rings is 1. The Morgan fingerprint density at radius 1 is 1.42 bits per heavy atom. The highest BCUT2D eigenvalue weighted by Gasteiger charge is 2.19. The third-order valence-corrected chi connectivity index (χ3v) is 3.69. The average molecular weight is 261 g/mol. The van der Waals surface area contributed by atoms with E-state index >= 15 is 0 Å². The Bertz CT molecular complexity index is 433. The van der Waals surface area contributed by atoms with Crippen molar-refractivity contribution >= 4 is 11.6 Å². The van der Waals surface area contributed by atoms with E-state index in [1.807, 2.05) is 18.2 Å². The van der Waals surface area contributed by atoms with Gasteiger partial charge in [-0.25, -0.2) is 0 Å². The number of nitrogens with zero attached hydrogens (tertiary/aromatic N) is 1. The van der Waals surface area contributed by atoms with Crippen LogP contribution in [0.4, 0.5) is 5.69 Å². The van der Waals surface area contributed by atoms with Crippen molar-refractivity contribution < 1.29 is 4.79 Å². The van der Waals surface area contributed by atoms with Crippen LogP contribution in [-0.2, 0) is 11.3 Å². The van der Waals surface area contributed by atoms with E-state index in [9.17, 15) is 4.79 Å². The summed E-state index contributed by atoms with van der Waals surface area (Å²) >= 11 is 0. The summed E-state index contributed by atoms with van der Waals surface area (Å²) in [6.45, 7) is 4.54. The second-order valence-electron chi connectivity index (χ2n) is 5.25. The maximum Gasteiger partial charge on any atom is 0.221 e. The van der Waals surface area contributed by atoms with E-state index in [0.29, 0.717) is 6.04 Å². The van der Waals surface area contributed by atoms with Gasteiger partial charge in [-0.1, -0.05) is 18.2 Å². The molecule has 0 spiro atoms. The molecule has 1 unspecified atom stereocenters. The summed E-state index contributed by atoms with van der Waals surface area (Å²) in [4.78, 5) is 13.6. The van der Waals surface area contributed by atoms with E-state index in [0.717, 1.165) is 24.3 Å². The van der Waals surface area contributed by atoms with E-state index in [1.54, 1.807) is 0 Å². The highest BCUT2D eigenvalue weighted by atomic mass is 16.1. The van der Waals surface area contributed by atoms with Crippen LogP contribution in [-0.4, -0.2) is 37.0 Å². The van der Waals surface area contributed by atoms with E-state index < -0.39 is 0 Å². The first-order chi connectivity index (χ1) is 9.16. The maximum absolute atomic E-state index is 11.2. The van der Waals surface area contributed by atoms with Crippen LogP contribution >= 0.6 is 0 Å². The monoisotopic (exact) mass is 261 g/mol. The molecule has 0 bridgehead atoms. The number of amides is 1. The Kier molecular flexibility index (Phi) is 4.93. The van der Waals surface area contributed by atoms with Crippen molar-refractivity contribution in [3.8, 4) is 0 Å². The number of hydrogen-bond donors (Lipinski definition) is 2. The number of likely N-dealkylation sites (tertiary alicyclic amines) is 1. The van der Waals surface area contributed by atoms with Crippen molar-refractivity contribution in [2.75, 3.05) is 25.5 Å². The van der Waals surface area contributed by atoms with Crippen LogP contribution in [0.15, 0.2) is 24.3 Å². The summed E-state index contributed by atoms with van der Waals surface area (Å²) < 4.78 is 0. The van der Waals surface area contributed by atoms with Gasteiger partial charge in [0.2, 0.25) is 5.91 Å². The number of rotatable bonds is 5. The molecule has 1 amide bonds. The van der Waals surface area contributed by atoms with Gasteiger partial charge in [-0.3, -0.25) is 4.79 Å². The van der Waals surface area contributed by atoms with Crippen molar-refractivity contribution in [3.05, 3.63) is 29.8 Å². The molecule has 4 heteroatoms. The average Bonchev–Trinajstić information content (AvgIpc) is 2.77. The van der Waals surface area contributed by atoms with Crippen molar-refractivity contribution in [1.29, 1.82) is 0 Å². The quantitative estimate of drug-likeness (QED) is 0.850. The molecule has 1 atom stereocenters. The summed E-state index contributed by atoms with van der Waals surface area (Å²) in [5.41, 5.74) is 2.04. The lowest BCUT2D eigenvalue weighted by Crippen LogP contribution is -2.35. The van der Waals surface area contributed by atoms with Crippen molar-refractivity contribution in [3.63, 3.8) is 0 Å². The number of anilines is 1. The summed E-state index contributed by atoms with van der Waals surface area (Å²) in [5.74, 6) is -0.0250. The van der Waals surface area contributed by atoms with E-state index in [2.05, 4.69) is 28.6 Å². The first-order valence-electron chi connectivity index (χ1n) is 6.93. The van der Waals surface area contributed by atoms with E-state index in [-0.39, 0.29) is 5.91 Å². The second-order valence-corrected chi connectivity index (χ2v) is 5.25. The fourth-order valence-corrected chi connectivity index (χ4v) is 2.60. The normalized spacial score (nSPS) is 19.6. The summed E-state index contributed by atoms with van der Waals surface area (Å²) in [5, 5.41) is 6.37. The molecule has 2 rings (SSSR count). The number of likely N-dealkylation sites (N-methyl/N-ethyl adjacent to an activating group) is 1. The third kappa shape index (κ3) is 4.04. The van der Waals surface area contributed by atoms with Crippen molar-refractivity contribution in [2.24, 2.45) is 0 Å². The molecule has 1 heterocycles. The zero-order valence-electron chi connectivity index (χ0n) is 11.8. The molecule has 1 saturated heterocycles. The molecule has 2 N–H and O–H groups in total. The Labute approximate surface area is 115 Å². The highest BCUT2D eigenvalue weighted by molar-refractivity contribution is 5.89. The zero-order chi connectivity index (χ0) is 13.7. The van der Waals surface area contributed by atoms with Gasteiger partial charge in [0.05, 0.1) is 0 Å². The van der Waals surface area contributed by atoms with Crippen LogP contribution in [0.5, 0.6) is 0 Å². The minimum absolute atomic E-state index is 0.0250.